The minimum Gasteiger partial charge on any atom is -0.506 e. The van der Waals surface area contributed by atoms with Crippen molar-refractivity contribution < 1.29 is 10.2 Å². The van der Waals surface area contributed by atoms with Gasteiger partial charge in [-0.25, -0.2) is 9.97 Å². The number of phenols is 1. The van der Waals surface area contributed by atoms with Crippen LogP contribution in [0.4, 0.5) is 5.82 Å². The molecule has 5 heteroatoms. The summed E-state index contributed by atoms with van der Waals surface area (Å²) in [4.78, 5) is 8.52. The van der Waals surface area contributed by atoms with E-state index >= 15 is 0 Å². The molecule has 0 amide bonds. The van der Waals surface area contributed by atoms with Crippen LogP contribution < -0.4 is 5.32 Å². The van der Waals surface area contributed by atoms with E-state index in [2.05, 4.69) is 15.3 Å². The monoisotopic (exact) mass is 219 g/mol. The maximum atomic E-state index is 9.60. The van der Waals surface area contributed by atoms with Gasteiger partial charge in [-0.15, -0.1) is 0 Å². The molecule has 0 spiro atoms. The van der Waals surface area contributed by atoms with E-state index in [-0.39, 0.29) is 5.75 Å². The number of hydrogen-bond acceptors (Lipinski definition) is 5. The van der Waals surface area contributed by atoms with E-state index in [0.29, 0.717) is 22.5 Å². The van der Waals surface area contributed by atoms with Gasteiger partial charge in [0.15, 0.2) is 0 Å². The molecule has 0 radical (unpaired) electrons. The van der Waals surface area contributed by atoms with Gasteiger partial charge >= 0.3 is 0 Å². The van der Waals surface area contributed by atoms with Gasteiger partial charge in [-0.2, -0.15) is 0 Å². The van der Waals surface area contributed by atoms with Gasteiger partial charge in [-0.3, -0.25) is 0 Å². The molecule has 0 saturated heterocycles. The Morgan fingerprint density at radius 1 is 1.31 bits per heavy atom. The molecule has 0 bridgehead atoms. The summed E-state index contributed by atoms with van der Waals surface area (Å²) in [5, 5.41) is 21.6. The minimum absolute atomic E-state index is 0.108. The minimum atomic E-state index is -0.692. The van der Waals surface area contributed by atoms with Crippen molar-refractivity contribution in [3.8, 4) is 5.75 Å². The van der Waals surface area contributed by atoms with E-state index in [4.69, 9.17) is 0 Å². The van der Waals surface area contributed by atoms with E-state index in [1.807, 2.05) is 0 Å². The van der Waals surface area contributed by atoms with Crippen LogP contribution in [-0.4, -0.2) is 26.4 Å². The number of nitrogens with one attached hydrogen (secondary N) is 1. The summed E-state index contributed by atoms with van der Waals surface area (Å²) < 4.78 is 0. The fourth-order valence-corrected chi connectivity index (χ4v) is 1.48. The van der Waals surface area contributed by atoms with Gasteiger partial charge in [-0.1, -0.05) is 6.07 Å². The summed E-state index contributed by atoms with van der Waals surface area (Å²) in [5.41, 5.74) is 1.69. The molecule has 0 aliphatic rings. The first-order valence-electron chi connectivity index (χ1n) is 4.99. The molecular weight excluding hydrogens is 206 g/mol. The van der Waals surface area contributed by atoms with Crippen molar-refractivity contribution in [2.24, 2.45) is 0 Å². The summed E-state index contributed by atoms with van der Waals surface area (Å²) in [6.45, 7) is 3.37. The molecule has 1 atom stereocenters. The van der Waals surface area contributed by atoms with Gasteiger partial charge in [0.05, 0.1) is 11.2 Å². The number of aryl methyl sites for hydroxylation is 1. The van der Waals surface area contributed by atoms with Crippen LogP contribution in [0.3, 0.4) is 0 Å². The van der Waals surface area contributed by atoms with Gasteiger partial charge < -0.3 is 15.5 Å². The van der Waals surface area contributed by atoms with Crippen molar-refractivity contribution in [2.75, 3.05) is 5.32 Å². The molecule has 16 heavy (non-hydrogen) atoms. The fourth-order valence-electron chi connectivity index (χ4n) is 1.48. The lowest BCUT2D eigenvalue weighted by atomic mass is 10.2. The molecular formula is C11H13N3O2. The zero-order valence-electron chi connectivity index (χ0n) is 9.10. The SMILES string of the molecule is Cc1nc2c(O)cccc2nc1NC(C)O. The Morgan fingerprint density at radius 3 is 2.75 bits per heavy atom. The van der Waals surface area contributed by atoms with Crippen molar-refractivity contribution >= 4 is 16.9 Å². The lowest BCUT2D eigenvalue weighted by Crippen LogP contribution is -2.16. The fraction of sp³-hybridized carbons (Fsp3) is 0.273. The average Bonchev–Trinajstić information content (AvgIpc) is 2.20. The smallest absolute Gasteiger partial charge is 0.150 e. The van der Waals surface area contributed by atoms with Crippen LogP contribution in [0, 0.1) is 6.92 Å². The maximum Gasteiger partial charge on any atom is 0.150 e. The number of rotatable bonds is 2. The van der Waals surface area contributed by atoms with Crippen LogP contribution >= 0.6 is 0 Å². The van der Waals surface area contributed by atoms with E-state index < -0.39 is 6.23 Å². The molecule has 1 unspecified atom stereocenters. The number of phenolic OH excluding ortho intramolecular Hbond substituents is 1. The van der Waals surface area contributed by atoms with Crippen molar-refractivity contribution in [3.63, 3.8) is 0 Å². The van der Waals surface area contributed by atoms with E-state index in [9.17, 15) is 10.2 Å². The summed E-state index contributed by atoms with van der Waals surface area (Å²) in [5.74, 6) is 0.629. The number of aliphatic hydroxyl groups excluding tert-OH is 1. The summed E-state index contributed by atoms with van der Waals surface area (Å²) >= 11 is 0. The van der Waals surface area contributed by atoms with Crippen LogP contribution in [0.15, 0.2) is 18.2 Å². The van der Waals surface area contributed by atoms with Gasteiger partial charge in [0, 0.05) is 0 Å². The molecule has 0 fully saturated rings. The highest BCUT2D eigenvalue weighted by Gasteiger charge is 2.08. The highest BCUT2D eigenvalue weighted by atomic mass is 16.3. The Kier molecular flexibility index (Phi) is 2.62. The molecule has 5 nitrogen and oxygen atoms in total. The first-order valence-corrected chi connectivity index (χ1v) is 4.99. The number of aromatic hydroxyl groups is 1. The van der Waals surface area contributed by atoms with Crippen molar-refractivity contribution in [2.45, 2.75) is 20.1 Å². The van der Waals surface area contributed by atoms with Crippen LogP contribution in [0.2, 0.25) is 0 Å². The zero-order valence-corrected chi connectivity index (χ0v) is 9.10. The second kappa shape index (κ2) is 3.94. The van der Waals surface area contributed by atoms with Gasteiger partial charge in [-0.05, 0) is 26.0 Å². The second-order valence-electron chi connectivity index (χ2n) is 3.62. The number of benzene rings is 1. The standard InChI is InChI=1S/C11H13N3O2/c1-6-11(13-7(2)15)14-8-4-3-5-9(16)10(8)12-6/h3-5,7,15-16H,1-2H3,(H,13,14). The molecule has 3 N–H and O–H groups in total. The third-order valence-electron chi connectivity index (χ3n) is 2.19. The van der Waals surface area contributed by atoms with Gasteiger partial charge in [0.1, 0.15) is 23.3 Å². The number of anilines is 1. The largest absolute Gasteiger partial charge is 0.506 e. The predicted octanol–water partition coefficient (Wildman–Crippen LogP) is 1.39. The number of hydrogen-bond donors (Lipinski definition) is 3. The Morgan fingerprint density at radius 2 is 2.06 bits per heavy atom. The van der Waals surface area contributed by atoms with E-state index in [1.165, 1.54) is 0 Å². The number of aliphatic hydroxyl groups is 1. The molecule has 1 aromatic carbocycles. The third kappa shape index (κ3) is 1.90. The summed E-state index contributed by atoms with van der Waals surface area (Å²) in [7, 11) is 0. The Hall–Kier alpha value is -1.88. The lowest BCUT2D eigenvalue weighted by Gasteiger charge is -2.11. The quantitative estimate of drug-likeness (QED) is 0.665. The van der Waals surface area contributed by atoms with Gasteiger partial charge in [0.25, 0.3) is 0 Å². The molecule has 2 aromatic rings. The van der Waals surface area contributed by atoms with Crippen LogP contribution in [0.5, 0.6) is 5.75 Å². The number of nitrogens with zero attached hydrogens (tertiary/aromatic N) is 2. The molecule has 0 aliphatic carbocycles. The summed E-state index contributed by atoms with van der Waals surface area (Å²) in [6.07, 6.45) is -0.692. The van der Waals surface area contributed by atoms with Gasteiger partial charge in [0.2, 0.25) is 0 Å². The Bertz CT molecular complexity index is 526. The maximum absolute atomic E-state index is 9.60. The highest BCUT2D eigenvalue weighted by Crippen LogP contribution is 2.23. The van der Waals surface area contributed by atoms with Crippen molar-refractivity contribution in [3.05, 3.63) is 23.9 Å². The zero-order chi connectivity index (χ0) is 11.7. The number of para-hydroxylation sites is 1. The second-order valence-corrected chi connectivity index (χ2v) is 3.62. The first-order chi connectivity index (χ1) is 7.58. The van der Waals surface area contributed by atoms with Crippen LogP contribution in [0.25, 0.3) is 11.0 Å². The molecule has 0 aliphatic heterocycles. The topological polar surface area (TPSA) is 78.3 Å². The van der Waals surface area contributed by atoms with Crippen molar-refractivity contribution in [1.29, 1.82) is 0 Å². The first kappa shape index (κ1) is 10.6. The lowest BCUT2D eigenvalue weighted by molar-refractivity contribution is 0.224. The van der Waals surface area contributed by atoms with E-state index in [1.54, 1.807) is 32.0 Å². The van der Waals surface area contributed by atoms with Crippen LogP contribution in [0.1, 0.15) is 12.6 Å². The summed E-state index contributed by atoms with van der Waals surface area (Å²) in [6, 6.07) is 5.03. The molecule has 1 aromatic heterocycles. The van der Waals surface area contributed by atoms with Crippen LogP contribution in [-0.2, 0) is 0 Å². The van der Waals surface area contributed by atoms with Crippen molar-refractivity contribution in [1.82, 2.24) is 9.97 Å². The molecule has 0 saturated carbocycles. The predicted molar refractivity (Wildman–Crippen MR) is 61.2 cm³/mol. The Balaban J connectivity index is 2.58. The van der Waals surface area contributed by atoms with E-state index in [0.717, 1.165) is 0 Å². The highest BCUT2D eigenvalue weighted by molar-refractivity contribution is 5.82. The molecule has 84 valence electrons. The third-order valence-corrected chi connectivity index (χ3v) is 2.19. The number of fused-ring (bicyclic) bond motifs is 1. The average molecular weight is 219 g/mol. The number of aromatic nitrogens is 2. The Labute approximate surface area is 92.8 Å². The molecule has 1 heterocycles. The molecule has 2 rings (SSSR count). The normalized spacial score (nSPS) is 12.7.